The second kappa shape index (κ2) is 12.7. The van der Waals surface area contributed by atoms with Crippen LogP contribution in [0, 0.1) is 0 Å². The molecule has 3 rings (SSSR count). The molecule has 0 atom stereocenters. The van der Waals surface area contributed by atoms with Gasteiger partial charge in [0.1, 0.15) is 0 Å². The Morgan fingerprint density at radius 3 is 2.38 bits per heavy atom. The molecule has 1 aliphatic carbocycles. The standard InChI is InChI=1S/C22H31AsN3O.2ClH/c1-23-19-6-8-20(9-7-19)25-15-18-13-16(5-10-21(18)27-4)17-11-12-24-22(14-17)26(2)3;;/h5,10-14,19-20,25H,6-9,15H2,1-4H3;2*1H. The summed E-state index contributed by atoms with van der Waals surface area (Å²) in [5.41, 5.74) is 6.02. The van der Waals surface area contributed by atoms with E-state index in [1.807, 2.05) is 25.2 Å². The van der Waals surface area contributed by atoms with Crippen LogP contribution in [-0.4, -0.2) is 48.0 Å². The number of halogens is 2. The minimum absolute atomic E-state index is 0. The Balaban J connectivity index is 0.00000210. The molecule has 7 heteroatoms. The Morgan fingerprint density at radius 1 is 1.07 bits per heavy atom. The van der Waals surface area contributed by atoms with Crippen molar-refractivity contribution in [1.29, 1.82) is 0 Å². The number of nitrogens with zero attached hydrogens (tertiary/aromatic N) is 2. The van der Waals surface area contributed by atoms with Gasteiger partial charge >= 0.3 is 146 Å². The van der Waals surface area contributed by atoms with Crippen molar-refractivity contribution in [2.45, 2.75) is 48.7 Å². The van der Waals surface area contributed by atoms with Crippen LogP contribution in [0.1, 0.15) is 31.2 Å². The van der Waals surface area contributed by atoms with Crippen LogP contribution in [0.25, 0.3) is 11.1 Å². The maximum Gasteiger partial charge on any atom is -0.147 e. The fourth-order valence-corrected chi connectivity index (χ4v) is 5.44. The molecule has 1 heterocycles. The van der Waals surface area contributed by atoms with Gasteiger partial charge in [-0.25, -0.2) is 4.98 Å². The van der Waals surface area contributed by atoms with Crippen molar-refractivity contribution in [3.63, 3.8) is 0 Å². The topological polar surface area (TPSA) is 37.4 Å². The van der Waals surface area contributed by atoms with E-state index in [1.54, 1.807) is 7.11 Å². The molecule has 0 bridgehead atoms. The zero-order valence-corrected chi connectivity index (χ0v) is 21.2. The number of anilines is 1. The number of hydrogen-bond donors (Lipinski definition) is 1. The van der Waals surface area contributed by atoms with E-state index in [1.165, 1.54) is 42.4 Å². The molecule has 1 saturated carbocycles. The van der Waals surface area contributed by atoms with E-state index in [2.05, 4.69) is 46.3 Å². The maximum atomic E-state index is 5.62. The first-order valence-electron chi connectivity index (χ1n) is 9.73. The Morgan fingerprint density at radius 2 is 1.76 bits per heavy atom. The summed E-state index contributed by atoms with van der Waals surface area (Å²) < 4.78 is 6.64. The SMILES string of the molecule is COc1ccc(-c2ccnc(N(C)C)c2)cc1CNC1CCC([As]C)CC1.Cl.Cl. The van der Waals surface area contributed by atoms with E-state index in [4.69, 9.17) is 4.74 Å². The molecule has 29 heavy (non-hydrogen) atoms. The Bertz CT molecular complexity index is 753. The first-order valence-corrected chi connectivity index (χ1v) is 12.7. The van der Waals surface area contributed by atoms with Gasteiger partial charge in [-0.3, -0.25) is 0 Å². The number of nitrogens with one attached hydrogen (secondary N) is 1. The largest absolute Gasteiger partial charge is 0.147 e. The Labute approximate surface area is 194 Å². The summed E-state index contributed by atoms with van der Waals surface area (Å²) in [6.07, 6.45) is 7.30. The number of ether oxygens (including phenoxy) is 1. The Kier molecular flexibility index (Phi) is 11.4. The van der Waals surface area contributed by atoms with E-state index in [0.29, 0.717) is 21.8 Å². The summed E-state index contributed by atoms with van der Waals surface area (Å²) in [6, 6.07) is 11.3. The van der Waals surface area contributed by atoms with Crippen molar-refractivity contribution in [2.24, 2.45) is 0 Å². The molecule has 0 amide bonds. The van der Waals surface area contributed by atoms with Gasteiger partial charge in [0.25, 0.3) is 0 Å². The summed E-state index contributed by atoms with van der Waals surface area (Å²) in [4.78, 5) is 6.45. The number of methoxy groups -OCH3 is 1. The van der Waals surface area contributed by atoms with Crippen LogP contribution in [0.15, 0.2) is 36.5 Å². The molecule has 1 aromatic carbocycles. The summed E-state index contributed by atoms with van der Waals surface area (Å²) >= 11 is 0.545. The zero-order valence-electron chi connectivity index (χ0n) is 17.7. The molecule has 2 aromatic rings. The number of benzene rings is 1. The van der Waals surface area contributed by atoms with E-state index in [0.717, 1.165) is 22.8 Å². The third-order valence-corrected chi connectivity index (χ3v) is 8.08. The van der Waals surface area contributed by atoms with Crippen LogP contribution in [0.5, 0.6) is 5.75 Å². The van der Waals surface area contributed by atoms with Gasteiger partial charge in [-0.1, -0.05) is 0 Å². The summed E-state index contributed by atoms with van der Waals surface area (Å²) in [6.45, 7) is 0.859. The number of pyridine rings is 1. The van der Waals surface area contributed by atoms with Gasteiger partial charge in [-0.15, -0.1) is 24.8 Å². The molecule has 1 radical (unpaired) electrons. The van der Waals surface area contributed by atoms with Gasteiger partial charge in [-0.05, 0) is 0 Å². The minimum atomic E-state index is 0. The second-order valence-corrected chi connectivity index (χ2v) is 10.1. The predicted octanol–water partition coefficient (Wildman–Crippen LogP) is 5.24. The summed E-state index contributed by atoms with van der Waals surface area (Å²) in [7, 11) is 5.79. The number of aromatic nitrogens is 1. The van der Waals surface area contributed by atoms with Crippen LogP contribution < -0.4 is 15.0 Å². The molecule has 161 valence electrons. The molecule has 1 aliphatic rings. The van der Waals surface area contributed by atoms with Crippen molar-refractivity contribution >= 4 is 46.4 Å². The molecule has 4 nitrogen and oxygen atoms in total. The number of hydrogen-bond acceptors (Lipinski definition) is 4. The average Bonchev–Trinajstić information content (AvgIpc) is 2.72. The van der Waals surface area contributed by atoms with Crippen molar-refractivity contribution in [3.05, 3.63) is 42.1 Å². The van der Waals surface area contributed by atoms with Crippen LogP contribution >= 0.6 is 24.8 Å². The van der Waals surface area contributed by atoms with Crippen molar-refractivity contribution < 1.29 is 4.74 Å². The molecule has 0 spiro atoms. The average molecular weight is 501 g/mol. The first kappa shape index (κ1) is 26.1. The smallest absolute Gasteiger partial charge is 0.147 e. The van der Waals surface area contributed by atoms with Crippen LogP contribution in [0.2, 0.25) is 10.4 Å². The zero-order chi connectivity index (χ0) is 19.2. The van der Waals surface area contributed by atoms with Gasteiger partial charge in [0.05, 0.1) is 0 Å². The third kappa shape index (κ3) is 7.07. The summed E-state index contributed by atoms with van der Waals surface area (Å²) in [5, 5.41) is 3.78. The Hall–Kier alpha value is -0.932. The van der Waals surface area contributed by atoms with Crippen LogP contribution in [0.3, 0.4) is 0 Å². The van der Waals surface area contributed by atoms with Gasteiger partial charge in [0.2, 0.25) is 0 Å². The monoisotopic (exact) mass is 500 g/mol. The molecule has 1 fully saturated rings. The quantitative estimate of drug-likeness (QED) is 0.527. The van der Waals surface area contributed by atoms with E-state index < -0.39 is 0 Å². The molecule has 0 unspecified atom stereocenters. The molecular weight excluding hydrogens is 468 g/mol. The van der Waals surface area contributed by atoms with Crippen LogP contribution in [0.4, 0.5) is 5.82 Å². The van der Waals surface area contributed by atoms with Crippen molar-refractivity contribution in [3.8, 4) is 16.9 Å². The normalized spacial score (nSPS) is 18.8. The molecular formula is C22H33AsCl2N3O. The predicted molar refractivity (Wildman–Crippen MR) is 130 cm³/mol. The van der Waals surface area contributed by atoms with Gasteiger partial charge in [0, 0.05) is 14.1 Å². The summed E-state index contributed by atoms with van der Waals surface area (Å²) in [5.74, 6) is 1.93. The fraction of sp³-hybridized carbons (Fsp3) is 0.500. The third-order valence-electron chi connectivity index (χ3n) is 5.46. The van der Waals surface area contributed by atoms with E-state index in [9.17, 15) is 0 Å². The van der Waals surface area contributed by atoms with Crippen molar-refractivity contribution in [1.82, 2.24) is 10.3 Å². The van der Waals surface area contributed by atoms with E-state index in [-0.39, 0.29) is 24.8 Å². The second-order valence-electron chi connectivity index (χ2n) is 7.47. The first-order chi connectivity index (χ1) is 13.1. The minimum Gasteiger partial charge on any atom is -0.147 e. The molecule has 1 aromatic heterocycles. The molecule has 0 aliphatic heterocycles. The van der Waals surface area contributed by atoms with Crippen LogP contribution in [-0.2, 0) is 6.54 Å². The van der Waals surface area contributed by atoms with Crippen molar-refractivity contribution in [2.75, 3.05) is 26.1 Å². The fourth-order valence-electron chi connectivity index (χ4n) is 3.73. The van der Waals surface area contributed by atoms with Gasteiger partial charge in [-0.2, -0.15) is 0 Å². The number of rotatable bonds is 7. The molecule has 1 N–H and O–H groups in total. The van der Waals surface area contributed by atoms with Gasteiger partial charge in [0.15, 0.2) is 0 Å². The van der Waals surface area contributed by atoms with Gasteiger partial charge < -0.3 is 4.90 Å². The van der Waals surface area contributed by atoms with E-state index >= 15 is 0 Å². The maximum absolute atomic E-state index is 5.62. The molecule has 0 saturated heterocycles.